The van der Waals surface area contributed by atoms with E-state index in [9.17, 15) is 4.79 Å². The van der Waals surface area contributed by atoms with Gasteiger partial charge in [-0.1, -0.05) is 0 Å². The number of nitrogens with one attached hydrogen (secondary N) is 1. The third kappa shape index (κ3) is 4.06. The van der Waals surface area contributed by atoms with Crippen LogP contribution in [0.25, 0.3) is 10.2 Å². The molecule has 0 aliphatic carbocycles. The van der Waals surface area contributed by atoms with Crippen LogP contribution in [0.5, 0.6) is 0 Å². The molecule has 0 spiro atoms. The molecule has 1 amide bonds. The number of furan rings is 1. The molecule has 1 saturated heterocycles. The zero-order valence-electron chi connectivity index (χ0n) is 18.0. The molecule has 7 nitrogen and oxygen atoms in total. The Hall–Kier alpha value is -2.45. The average molecular weight is 428 g/mol. The molecule has 0 saturated carbocycles. The summed E-state index contributed by atoms with van der Waals surface area (Å²) in [7, 11) is 3.99. The number of hydrogen-bond acceptors (Lipinski definition) is 7. The minimum atomic E-state index is 0.0307. The number of aryl methyl sites for hydroxylation is 2. The Balaban J connectivity index is 1.37. The predicted octanol–water partition coefficient (Wildman–Crippen LogP) is 3.54. The predicted molar refractivity (Wildman–Crippen MR) is 120 cm³/mol. The molecule has 0 aromatic carbocycles. The van der Waals surface area contributed by atoms with Crippen molar-refractivity contribution in [2.75, 3.05) is 38.6 Å². The van der Waals surface area contributed by atoms with Gasteiger partial charge in [-0.05, 0) is 58.5 Å². The molecular weight excluding hydrogens is 398 g/mol. The minimum Gasteiger partial charge on any atom is -0.468 e. The second-order valence-corrected chi connectivity index (χ2v) is 9.37. The van der Waals surface area contributed by atoms with Crippen molar-refractivity contribution in [2.45, 2.75) is 32.7 Å². The third-order valence-corrected chi connectivity index (χ3v) is 7.19. The van der Waals surface area contributed by atoms with Crippen LogP contribution in [0, 0.1) is 19.8 Å². The molecule has 160 valence electrons. The summed E-state index contributed by atoms with van der Waals surface area (Å²) >= 11 is 1.72. The molecule has 3 aromatic rings. The van der Waals surface area contributed by atoms with Crippen molar-refractivity contribution in [3.05, 3.63) is 40.9 Å². The molecule has 1 fully saturated rings. The van der Waals surface area contributed by atoms with Gasteiger partial charge in [-0.3, -0.25) is 9.69 Å². The Bertz CT molecular complexity index is 1010. The third-order valence-electron chi connectivity index (χ3n) is 6.08. The van der Waals surface area contributed by atoms with Gasteiger partial charge in [-0.25, -0.2) is 9.97 Å². The van der Waals surface area contributed by atoms with Gasteiger partial charge >= 0.3 is 0 Å². The van der Waals surface area contributed by atoms with Gasteiger partial charge in [0, 0.05) is 30.4 Å². The van der Waals surface area contributed by atoms with Gasteiger partial charge in [0.2, 0.25) is 5.91 Å². The first-order valence-electron chi connectivity index (χ1n) is 10.4. The molecule has 1 atom stereocenters. The van der Waals surface area contributed by atoms with Crippen molar-refractivity contribution in [1.29, 1.82) is 0 Å². The van der Waals surface area contributed by atoms with Gasteiger partial charge in [0.05, 0.1) is 17.7 Å². The smallest absolute Gasteiger partial charge is 0.223 e. The number of thiophene rings is 1. The summed E-state index contributed by atoms with van der Waals surface area (Å²) in [5.41, 5.74) is 1.26. The van der Waals surface area contributed by atoms with E-state index in [1.54, 1.807) is 23.9 Å². The first-order valence-corrected chi connectivity index (χ1v) is 11.2. The van der Waals surface area contributed by atoms with Gasteiger partial charge in [0.15, 0.2) is 0 Å². The lowest BCUT2D eigenvalue weighted by atomic mass is 9.95. The van der Waals surface area contributed by atoms with E-state index >= 15 is 0 Å². The lowest BCUT2D eigenvalue weighted by Crippen LogP contribution is -2.43. The number of hydrogen-bond donors (Lipinski definition) is 1. The van der Waals surface area contributed by atoms with Crippen LogP contribution in [-0.4, -0.2) is 54.5 Å². The van der Waals surface area contributed by atoms with E-state index < -0.39 is 0 Å². The van der Waals surface area contributed by atoms with E-state index in [4.69, 9.17) is 4.42 Å². The fourth-order valence-corrected chi connectivity index (χ4v) is 5.11. The van der Waals surface area contributed by atoms with Crippen LogP contribution in [0.1, 0.15) is 35.1 Å². The van der Waals surface area contributed by atoms with Crippen molar-refractivity contribution in [1.82, 2.24) is 20.2 Å². The average Bonchev–Trinajstić information content (AvgIpc) is 3.36. The van der Waals surface area contributed by atoms with Crippen LogP contribution in [0.15, 0.2) is 29.1 Å². The van der Waals surface area contributed by atoms with Crippen LogP contribution in [0.3, 0.4) is 0 Å². The maximum absolute atomic E-state index is 12.8. The summed E-state index contributed by atoms with van der Waals surface area (Å²) in [6.07, 6.45) is 4.98. The van der Waals surface area contributed by atoms with Crippen LogP contribution < -0.4 is 10.2 Å². The van der Waals surface area contributed by atoms with Crippen LogP contribution in [0.2, 0.25) is 0 Å². The number of amides is 1. The zero-order chi connectivity index (χ0) is 21.3. The lowest BCUT2D eigenvalue weighted by molar-refractivity contribution is -0.125. The number of carbonyl (C=O) groups excluding carboxylic acids is 1. The molecule has 1 aliphatic rings. The molecule has 0 bridgehead atoms. The number of anilines is 1. The number of fused-ring (bicyclic) bond motifs is 1. The summed E-state index contributed by atoms with van der Waals surface area (Å²) in [6, 6.07) is 3.86. The van der Waals surface area contributed by atoms with Gasteiger partial charge < -0.3 is 14.6 Å². The van der Waals surface area contributed by atoms with Crippen LogP contribution in [-0.2, 0) is 4.79 Å². The standard InChI is InChI=1S/C22H29N5O2S/c1-14-15(2)30-22-19(14)20(24-13-25-22)27-9-7-16(8-10-27)21(28)23-12-17(26(3)4)18-6-5-11-29-18/h5-6,11,13,16-17H,7-10,12H2,1-4H3,(H,23,28)/t17-/m0/s1. The summed E-state index contributed by atoms with van der Waals surface area (Å²) in [5.74, 6) is 2.03. The zero-order valence-corrected chi connectivity index (χ0v) is 18.8. The largest absolute Gasteiger partial charge is 0.468 e. The lowest BCUT2D eigenvalue weighted by Gasteiger charge is -2.33. The summed E-state index contributed by atoms with van der Waals surface area (Å²) in [6.45, 7) is 6.47. The normalized spacial score (nSPS) is 16.4. The monoisotopic (exact) mass is 427 g/mol. The molecule has 8 heteroatoms. The Morgan fingerprint density at radius 3 is 2.77 bits per heavy atom. The van der Waals surface area contributed by atoms with E-state index in [1.807, 2.05) is 26.2 Å². The van der Waals surface area contributed by atoms with Crippen molar-refractivity contribution >= 4 is 33.3 Å². The van der Waals surface area contributed by atoms with Crippen molar-refractivity contribution in [3.8, 4) is 0 Å². The molecule has 1 aliphatic heterocycles. The molecule has 3 aromatic heterocycles. The van der Waals surface area contributed by atoms with Gasteiger partial charge in [0.1, 0.15) is 22.7 Å². The Kier molecular flexibility index (Phi) is 6.06. The van der Waals surface area contributed by atoms with Gasteiger partial charge in [-0.2, -0.15) is 0 Å². The summed E-state index contributed by atoms with van der Waals surface area (Å²) < 4.78 is 5.53. The number of carbonyl (C=O) groups is 1. The number of nitrogens with zero attached hydrogens (tertiary/aromatic N) is 4. The number of aromatic nitrogens is 2. The van der Waals surface area contributed by atoms with E-state index in [2.05, 4.69) is 38.9 Å². The fraction of sp³-hybridized carbons (Fsp3) is 0.500. The first kappa shape index (κ1) is 20.8. The highest BCUT2D eigenvalue weighted by Crippen LogP contribution is 2.35. The molecule has 30 heavy (non-hydrogen) atoms. The van der Waals surface area contributed by atoms with Crippen LogP contribution in [0.4, 0.5) is 5.82 Å². The number of likely N-dealkylation sites (N-methyl/N-ethyl adjacent to an activating group) is 1. The maximum atomic E-state index is 12.8. The molecule has 4 rings (SSSR count). The molecule has 4 heterocycles. The van der Waals surface area contributed by atoms with Crippen molar-refractivity contribution in [3.63, 3.8) is 0 Å². The van der Waals surface area contributed by atoms with E-state index in [1.165, 1.54) is 10.4 Å². The molecule has 1 N–H and O–H groups in total. The van der Waals surface area contributed by atoms with Crippen molar-refractivity contribution in [2.24, 2.45) is 5.92 Å². The second kappa shape index (κ2) is 8.73. The Morgan fingerprint density at radius 2 is 2.10 bits per heavy atom. The summed E-state index contributed by atoms with van der Waals surface area (Å²) in [5, 5.41) is 4.30. The molecule has 0 radical (unpaired) electrons. The highest BCUT2D eigenvalue weighted by molar-refractivity contribution is 7.18. The van der Waals surface area contributed by atoms with E-state index in [0.717, 1.165) is 47.7 Å². The highest BCUT2D eigenvalue weighted by Gasteiger charge is 2.28. The topological polar surface area (TPSA) is 74.5 Å². The minimum absolute atomic E-state index is 0.0307. The first-order chi connectivity index (χ1) is 14.5. The molecule has 0 unspecified atom stereocenters. The van der Waals surface area contributed by atoms with Crippen LogP contribution >= 0.6 is 11.3 Å². The van der Waals surface area contributed by atoms with E-state index in [0.29, 0.717) is 6.54 Å². The van der Waals surface area contributed by atoms with Gasteiger partial charge in [0.25, 0.3) is 0 Å². The Labute approximate surface area is 181 Å². The fourth-order valence-electron chi connectivity index (χ4n) is 4.12. The van der Waals surface area contributed by atoms with E-state index in [-0.39, 0.29) is 17.9 Å². The number of piperidine rings is 1. The number of rotatable bonds is 6. The highest BCUT2D eigenvalue weighted by atomic mass is 32.1. The summed E-state index contributed by atoms with van der Waals surface area (Å²) in [4.78, 5) is 28.5. The molecular formula is C22H29N5O2S. The SMILES string of the molecule is Cc1sc2ncnc(N3CCC(C(=O)NC[C@@H](c4ccco4)N(C)C)CC3)c2c1C. The quantitative estimate of drug-likeness (QED) is 0.649. The second-order valence-electron chi connectivity index (χ2n) is 8.16. The maximum Gasteiger partial charge on any atom is 0.223 e. The van der Waals surface area contributed by atoms with Crippen molar-refractivity contribution < 1.29 is 9.21 Å². The van der Waals surface area contributed by atoms with Gasteiger partial charge in [-0.15, -0.1) is 11.3 Å². The Morgan fingerprint density at radius 1 is 1.33 bits per heavy atom.